The first-order valence-corrected chi connectivity index (χ1v) is 10.3. The normalized spacial score (nSPS) is 28.5. The van der Waals surface area contributed by atoms with Crippen molar-refractivity contribution < 1.29 is 23.0 Å². The molecule has 1 aliphatic heterocycles. The van der Waals surface area contributed by atoms with E-state index in [0.717, 1.165) is 18.9 Å². The molecule has 6 rings (SSSR count). The third-order valence-corrected chi connectivity index (χ3v) is 6.58. The fourth-order valence-electron chi connectivity index (χ4n) is 5.17. The predicted molar refractivity (Wildman–Crippen MR) is 106 cm³/mol. The van der Waals surface area contributed by atoms with Gasteiger partial charge in [0, 0.05) is 42.3 Å². The number of carbonyl (C=O) groups excluding carboxylic acids is 1. The molecule has 3 saturated carbocycles. The number of benzene rings is 1. The van der Waals surface area contributed by atoms with Gasteiger partial charge in [0.1, 0.15) is 11.6 Å². The number of fused-ring (bicyclic) bond motifs is 1. The number of hydrogen-bond donors (Lipinski definition) is 0. The van der Waals surface area contributed by atoms with Gasteiger partial charge in [-0.25, -0.2) is 18.8 Å². The molecule has 0 radical (unpaired) electrons. The molecular weight excluding hydrogens is 406 g/mol. The van der Waals surface area contributed by atoms with Crippen molar-refractivity contribution in [3.8, 4) is 11.9 Å². The minimum atomic E-state index is -0.659. The summed E-state index contributed by atoms with van der Waals surface area (Å²) in [6.07, 6.45) is 6.12. The highest BCUT2D eigenvalue weighted by atomic mass is 19.1. The average molecular weight is 428 g/mol. The Labute approximate surface area is 178 Å². The minimum absolute atomic E-state index is 0.0820. The van der Waals surface area contributed by atoms with Crippen LogP contribution in [-0.2, 0) is 4.79 Å². The van der Waals surface area contributed by atoms with E-state index in [2.05, 4.69) is 15.1 Å². The standard InChI is InChI=1S/C22H22F2N4O3/c1-30-19-3-4-25-21(27-19)31-12-22-9-14(10-22)17(11-22)20(29)28-18(2-5-26-28)13-6-15(23)8-16(24)7-13/h3-8,14,17-18H,2,9-12H2,1H3/t14?,17-,18?,22?/m0/s1. The summed E-state index contributed by atoms with van der Waals surface area (Å²) in [5.74, 6) is -0.888. The Bertz CT molecular complexity index is 1020. The maximum Gasteiger partial charge on any atom is 0.319 e. The fourth-order valence-corrected chi connectivity index (χ4v) is 5.17. The van der Waals surface area contributed by atoms with E-state index in [-0.39, 0.29) is 29.2 Å². The van der Waals surface area contributed by atoms with Crippen molar-refractivity contribution in [2.45, 2.75) is 31.7 Å². The van der Waals surface area contributed by atoms with Crippen LogP contribution in [-0.4, -0.2) is 40.8 Å². The zero-order chi connectivity index (χ0) is 21.6. The summed E-state index contributed by atoms with van der Waals surface area (Å²) in [5, 5.41) is 5.64. The molecule has 2 bridgehead atoms. The molecule has 1 aromatic heterocycles. The van der Waals surface area contributed by atoms with Gasteiger partial charge in [-0.2, -0.15) is 10.1 Å². The number of amides is 1. The number of hydrazone groups is 1. The van der Waals surface area contributed by atoms with Crippen molar-refractivity contribution in [1.82, 2.24) is 15.0 Å². The summed E-state index contributed by atoms with van der Waals surface area (Å²) in [6, 6.07) is 4.78. The van der Waals surface area contributed by atoms with Gasteiger partial charge in [-0.3, -0.25) is 4.79 Å². The second-order valence-electron chi connectivity index (χ2n) is 8.58. The quantitative estimate of drug-likeness (QED) is 0.704. The van der Waals surface area contributed by atoms with Crippen molar-refractivity contribution in [2.75, 3.05) is 13.7 Å². The summed E-state index contributed by atoms with van der Waals surface area (Å²) < 4.78 is 38.3. The second kappa shape index (κ2) is 7.55. The first kappa shape index (κ1) is 19.8. The Morgan fingerprint density at radius 2 is 2.00 bits per heavy atom. The molecule has 1 aromatic carbocycles. The average Bonchev–Trinajstić information content (AvgIpc) is 3.44. The van der Waals surface area contributed by atoms with Crippen molar-refractivity contribution >= 4 is 12.1 Å². The molecule has 3 fully saturated rings. The summed E-state index contributed by atoms with van der Waals surface area (Å²) in [6.45, 7) is 0.433. The molecule has 7 nitrogen and oxygen atoms in total. The molecule has 1 unspecified atom stereocenters. The Hall–Kier alpha value is -3.10. The maximum absolute atomic E-state index is 13.7. The maximum atomic E-state index is 13.7. The van der Waals surface area contributed by atoms with Gasteiger partial charge in [0.25, 0.3) is 0 Å². The number of methoxy groups -OCH3 is 1. The van der Waals surface area contributed by atoms with E-state index in [1.165, 1.54) is 24.3 Å². The van der Waals surface area contributed by atoms with E-state index >= 15 is 0 Å². The van der Waals surface area contributed by atoms with Crippen LogP contribution in [0.15, 0.2) is 35.6 Å². The summed E-state index contributed by atoms with van der Waals surface area (Å²) in [7, 11) is 1.53. The summed E-state index contributed by atoms with van der Waals surface area (Å²) >= 11 is 0. The third kappa shape index (κ3) is 3.62. The van der Waals surface area contributed by atoms with Crippen LogP contribution < -0.4 is 9.47 Å². The van der Waals surface area contributed by atoms with E-state index in [1.54, 1.807) is 18.5 Å². The number of halogens is 2. The van der Waals surface area contributed by atoms with Crippen LogP contribution in [0.3, 0.4) is 0 Å². The Balaban J connectivity index is 1.25. The van der Waals surface area contributed by atoms with Crippen LogP contribution in [0.2, 0.25) is 0 Å². The first-order valence-electron chi connectivity index (χ1n) is 10.3. The van der Waals surface area contributed by atoms with E-state index in [4.69, 9.17) is 9.47 Å². The lowest BCUT2D eigenvalue weighted by Crippen LogP contribution is -2.36. The number of carbonyl (C=O) groups is 1. The molecule has 4 aliphatic rings. The van der Waals surface area contributed by atoms with Gasteiger partial charge >= 0.3 is 6.01 Å². The molecule has 0 spiro atoms. The monoisotopic (exact) mass is 428 g/mol. The highest BCUT2D eigenvalue weighted by Gasteiger charge is 2.59. The molecule has 3 aliphatic carbocycles. The van der Waals surface area contributed by atoms with Crippen LogP contribution in [0.25, 0.3) is 0 Å². The van der Waals surface area contributed by atoms with Gasteiger partial charge in [0.15, 0.2) is 0 Å². The molecule has 9 heteroatoms. The molecule has 162 valence electrons. The number of rotatable bonds is 6. The highest BCUT2D eigenvalue weighted by molar-refractivity contribution is 5.83. The molecule has 31 heavy (non-hydrogen) atoms. The van der Waals surface area contributed by atoms with Crippen LogP contribution >= 0.6 is 0 Å². The van der Waals surface area contributed by atoms with Crippen LogP contribution in [0.1, 0.15) is 37.3 Å². The molecule has 0 N–H and O–H groups in total. The lowest BCUT2D eigenvalue weighted by atomic mass is 9.70. The summed E-state index contributed by atoms with van der Waals surface area (Å²) in [4.78, 5) is 21.5. The fraction of sp³-hybridized carbons (Fsp3) is 0.455. The molecule has 0 saturated heterocycles. The molecule has 1 amide bonds. The van der Waals surface area contributed by atoms with Gasteiger partial charge in [-0.05, 0) is 42.9 Å². The molecule has 2 aromatic rings. The Kier molecular flexibility index (Phi) is 4.83. The smallest absolute Gasteiger partial charge is 0.319 e. The number of ether oxygens (including phenoxy) is 2. The topological polar surface area (TPSA) is 76.9 Å². The third-order valence-electron chi connectivity index (χ3n) is 6.58. The Morgan fingerprint density at radius 1 is 1.23 bits per heavy atom. The number of aromatic nitrogens is 2. The van der Waals surface area contributed by atoms with Gasteiger partial charge in [-0.15, -0.1) is 0 Å². The van der Waals surface area contributed by atoms with E-state index < -0.39 is 17.7 Å². The van der Waals surface area contributed by atoms with Crippen molar-refractivity contribution in [3.05, 3.63) is 47.7 Å². The summed E-state index contributed by atoms with van der Waals surface area (Å²) in [5.41, 5.74) is 0.336. The van der Waals surface area contributed by atoms with E-state index in [1.807, 2.05) is 0 Å². The van der Waals surface area contributed by atoms with Gasteiger partial charge < -0.3 is 9.47 Å². The van der Waals surface area contributed by atoms with E-state index in [9.17, 15) is 13.6 Å². The van der Waals surface area contributed by atoms with E-state index in [0.29, 0.717) is 30.9 Å². The van der Waals surface area contributed by atoms with Crippen LogP contribution in [0, 0.1) is 28.9 Å². The highest BCUT2D eigenvalue weighted by Crippen LogP contribution is 2.62. The second-order valence-corrected chi connectivity index (χ2v) is 8.58. The first-order chi connectivity index (χ1) is 15.0. The van der Waals surface area contributed by atoms with Gasteiger partial charge in [0.2, 0.25) is 11.8 Å². The molecule has 2 atom stereocenters. The van der Waals surface area contributed by atoms with Crippen LogP contribution in [0.5, 0.6) is 11.9 Å². The lowest BCUT2D eigenvalue weighted by molar-refractivity contribution is -0.138. The molecular formula is C22H22F2N4O3. The van der Waals surface area contributed by atoms with Gasteiger partial charge in [0.05, 0.1) is 19.8 Å². The van der Waals surface area contributed by atoms with Gasteiger partial charge in [-0.1, -0.05) is 0 Å². The zero-order valence-corrected chi connectivity index (χ0v) is 17.0. The zero-order valence-electron chi connectivity index (χ0n) is 17.0. The molecule has 2 heterocycles. The Morgan fingerprint density at radius 3 is 2.74 bits per heavy atom. The van der Waals surface area contributed by atoms with Crippen molar-refractivity contribution in [3.63, 3.8) is 0 Å². The van der Waals surface area contributed by atoms with Crippen LogP contribution in [0.4, 0.5) is 8.78 Å². The predicted octanol–water partition coefficient (Wildman–Crippen LogP) is 3.52. The SMILES string of the molecule is COc1ccnc(OCC23CC(C2)[C@@H](C(=O)N2N=CCC2c2cc(F)cc(F)c2)C3)n1. The van der Waals surface area contributed by atoms with Crippen molar-refractivity contribution in [1.29, 1.82) is 0 Å². The lowest BCUT2D eigenvalue weighted by Gasteiger charge is -2.37. The number of hydrogen-bond acceptors (Lipinski definition) is 6. The number of nitrogens with zero attached hydrogens (tertiary/aromatic N) is 4. The van der Waals surface area contributed by atoms with Crippen molar-refractivity contribution in [2.24, 2.45) is 22.4 Å². The minimum Gasteiger partial charge on any atom is -0.481 e. The largest absolute Gasteiger partial charge is 0.481 e.